The SMILES string of the molecule is COc1ccc(-c2csc(N3N=C(c4ccc(F)cc4)CC3c3ccccc3O)n2)cc1. The average Bonchev–Trinajstić information content (AvgIpc) is 3.48. The molecule has 1 aliphatic rings. The lowest BCUT2D eigenvalue weighted by Gasteiger charge is -2.21. The Hall–Kier alpha value is -3.71. The molecule has 1 N–H and O–H groups in total. The first-order valence-corrected chi connectivity index (χ1v) is 11.0. The number of methoxy groups -OCH3 is 1. The molecule has 32 heavy (non-hydrogen) atoms. The van der Waals surface area contributed by atoms with Crippen LogP contribution in [0.15, 0.2) is 83.3 Å². The molecular weight excluding hydrogens is 425 g/mol. The Morgan fingerprint density at radius 1 is 1.00 bits per heavy atom. The molecule has 0 radical (unpaired) electrons. The molecule has 5 nitrogen and oxygen atoms in total. The molecule has 0 aliphatic carbocycles. The van der Waals surface area contributed by atoms with Crippen molar-refractivity contribution < 1.29 is 14.2 Å². The van der Waals surface area contributed by atoms with Crippen molar-refractivity contribution in [3.05, 3.63) is 95.1 Å². The largest absolute Gasteiger partial charge is 0.508 e. The highest BCUT2D eigenvalue weighted by molar-refractivity contribution is 7.14. The van der Waals surface area contributed by atoms with Gasteiger partial charge in [-0.15, -0.1) is 11.3 Å². The van der Waals surface area contributed by atoms with Crippen LogP contribution in [0.2, 0.25) is 0 Å². The molecule has 160 valence electrons. The molecule has 3 aromatic carbocycles. The third kappa shape index (κ3) is 3.83. The third-order valence-electron chi connectivity index (χ3n) is 5.46. The number of rotatable bonds is 5. The number of para-hydroxylation sites is 1. The summed E-state index contributed by atoms with van der Waals surface area (Å²) in [6.07, 6.45) is 0.570. The van der Waals surface area contributed by atoms with Crippen LogP contribution in [0, 0.1) is 5.82 Å². The quantitative estimate of drug-likeness (QED) is 0.408. The second-order valence-corrected chi connectivity index (χ2v) is 8.26. The highest BCUT2D eigenvalue weighted by Gasteiger charge is 2.33. The van der Waals surface area contributed by atoms with Crippen molar-refractivity contribution in [1.82, 2.24) is 4.98 Å². The summed E-state index contributed by atoms with van der Waals surface area (Å²) >= 11 is 1.49. The third-order valence-corrected chi connectivity index (χ3v) is 6.29. The van der Waals surface area contributed by atoms with Gasteiger partial charge in [0.05, 0.1) is 24.6 Å². The van der Waals surface area contributed by atoms with E-state index in [0.717, 1.165) is 39.0 Å². The number of nitrogens with zero attached hydrogens (tertiary/aromatic N) is 3. The molecule has 4 aromatic rings. The van der Waals surface area contributed by atoms with Crippen molar-refractivity contribution in [1.29, 1.82) is 0 Å². The normalized spacial score (nSPS) is 15.6. The van der Waals surface area contributed by atoms with Crippen molar-refractivity contribution >= 4 is 22.2 Å². The van der Waals surface area contributed by atoms with Crippen LogP contribution in [0.25, 0.3) is 11.3 Å². The number of hydrazone groups is 1. The van der Waals surface area contributed by atoms with Crippen molar-refractivity contribution in [3.8, 4) is 22.8 Å². The van der Waals surface area contributed by atoms with E-state index >= 15 is 0 Å². The van der Waals surface area contributed by atoms with Gasteiger partial charge in [-0.2, -0.15) is 5.10 Å². The summed E-state index contributed by atoms with van der Waals surface area (Å²) in [4.78, 5) is 4.82. The lowest BCUT2D eigenvalue weighted by molar-refractivity contribution is 0.415. The summed E-state index contributed by atoms with van der Waals surface area (Å²) in [7, 11) is 1.64. The predicted octanol–water partition coefficient (Wildman–Crippen LogP) is 6.02. The highest BCUT2D eigenvalue weighted by Crippen LogP contribution is 2.41. The van der Waals surface area contributed by atoms with Crippen LogP contribution in [0.1, 0.15) is 23.6 Å². The van der Waals surface area contributed by atoms with Gasteiger partial charge in [-0.05, 0) is 48.0 Å². The number of hydrogen-bond donors (Lipinski definition) is 1. The van der Waals surface area contributed by atoms with Crippen molar-refractivity contribution in [2.45, 2.75) is 12.5 Å². The van der Waals surface area contributed by atoms with Crippen molar-refractivity contribution in [3.63, 3.8) is 0 Å². The standard InChI is InChI=1S/C25H20FN3O2S/c1-31-19-12-8-17(9-13-19)22-15-32-25(27-22)29-23(20-4-2-3-5-24(20)30)14-21(28-29)16-6-10-18(26)11-7-16/h2-13,15,23,30H,14H2,1H3. The number of thiazole rings is 1. The first-order chi connectivity index (χ1) is 15.6. The van der Waals surface area contributed by atoms with Crippen LogP contribution in [-0.4, -0.2) is 22.9 Å². The number of aromatic hydroxyl groups is 1. The molecule has 0 bridgehead atoms. The molecule has 0 saturated heterocycles. The molecule has 0 fully saturated rings. The van der Waals surface area contributed by atoms with Gasteiger partial charge in [0.1, 0.15) is 17.3 Å². The summed E-state index contributed by atoms with van der Waals surface area (Å²) in [5.74, 6) is 0.715. The number of anilines is 1. The van der Waals surface area contributed by atoms with E-state index in [1.165, 1.54) is 23.5 Å². The van der Waals surface area contributed by atoms with Crippen molar-refractivity contribution in [2.75, 3.05) is 12.1 Å². The molecule has 1 unspecified atom stereocenters. The Morgan fingerprint density at radius 3 is 2.44 bits per heavy atom. The molecule has 0 amide bonds. The zero-order chi connectivity index (χ0) is 22.1. The van der Waals surface area contributed by atoms with Gasteiger partial charge in [0, 0.05) is 22.9 Å². The first-order valence-electron chi connectivity index (χ1n) is 10.1. The Labute approximate surface area is 189 Å². The minimum Gasteiger partial charge on any atom is -0.508 e. The number of phenols is 1. The van der Waals surface area contributed by atoms with Crippen LogP contribution >= 0.6 is 11.3 Å². The number of halogens is 1. The van der Waals surface area contributed by atoms with Gasteiger partial charge in [0.25, 0.3) is 0 Å². The average molecular weight is 446 g/mol. The molecule has 1 aromatic heterocycles. The fourth-order valence-electron chi connectivity index (χ4n) is 3.78. The summed E-state index contributed by atoms with van der Waals surface area (Å²) in [5, 5.41) is 19.9. The molecule has 5 rings (SSSR count). The van der Waals surface area contributed by atoms with Crippen molar-refractivity contribution in [2.24, 2.45) is 5.10 Å². The highest BCUT2D eigenvalue weighted by atomic mass is 32.1. The van der Waals surface area contributed by atoms with Gasteiger partial charge < -0.3 is 9.84 Å². The maximum absolute atomic E-state index is 13.4. The molecule has 0 saturated carbocycles. The van der Waals surface area contributed by atoms with Gasteiger partial charge in [-0.1, -0.05) is 30.3 Å². The van der Waals surface area contributed by atoms with E-state index in [-0.39, 0.29) is 17.6 Å². The van der Waals surface area contributed by atoms with Gasteiger partial charge in [-0.3, -0.25) is 0 Å². The van der Waals surface area contributed by atoms with Gasteiger partial charge in [-0.25, -0.2) is 14.4 Å². The summed E-state index contributed by atoms with van der Waals surface area (Å²) in [6, 6.07) is 21.1. The van der Waals surface area contributed by atoms with Crippen LogP contribution in [-0.2, 0) is 0 Å². The topological polar surface area (TPSA) is 58.0 Å². The molecule has 2 heterocycles. The zero-order valence-corrected chi connectivity index (χ0v) is 18.1. The minimum atomic E-state index is -0.287. The fraction of sp³-hybridized carbons (Fsp3) is 0.120. The molecular formula is C25H20FN3O2S. The van der Waals surface area contributed by atoms with Crippen LogP contribution in [0.5, 0.6) is 11.5 Å². The smallest absolute Gasteiger partial charge is 0.207 e. The molecule has 1 aliphatic heterocycles. The Kier molecular flexibility index (Phi) is 5.33. The summed E-state index contributed by atoms with van der Waals surface area (Å²) < 4.78 is 18.7. The monoisotopic (exact) mass is 445 g/mol. The predicted molar refractivity (Wildman–Crippen MR) is 125 cm³/mol. The lowest BCUT2D eigenvalue weighted by atomic mass is 9.98. The molecule has 0 spiro atoms. The second-order valence-electron chi connectivity index (χ2n) is 7.42. The van der Waals surface area contributed by atoms with Crippen LogP contribution < -0.4 is 9.75 Å². The Bertz CT molecular complexity index is 1270. The van der Waals surface area contributed by atoms with Crippen LogP contribution in [0.4, 0.5) is 9.52 Å². The number of hydrogen-bond acceptors (Lipinski definition) is 6. The number of ether oxygens (including phenoxy) is 1. The van der Waals surface area contributed by atoms with Crippen LogP contribution in [0.3, 0.4) is 0 Å². The number of aromatic nitrogens is 1. The van der Waals surface area contributed by atoms with E-state index in [4.69, 9.17) is 14.8 Å². The number of benzene rings is 3. The van der Waals surface area contributed by atoms with E-state index < -0.39 is 0 Å². The van der Waals surface area contributed by atoms with E-state index in [9.17, 15) is 9.50 Å². The van der Waals surface area contributed by atoms with E-state index in [1.807, 2.05) is 46.8 Å². The summed E-state index contributed by atoms with van der Waals surface area (Å²) in [6.45, 7) is 0. The summed E-state index contributed by atoms with van der Waals surface area (Å²) in [5.41, 5.74) is 4.26. The Morgan fingerprint density at radius 2 is 1.72 bits per heavy atom. The lowest BCUT2D eigenvalue weighted by Crippen LogP contribution is -2.18. The second kappa shape index (κ2) is 8.43. The van der Waals surface area contributed by atoms with E-state index in [1.54, 1.807) is 31.4 Å². The maximum atomic E-state index is 13.4. The van der Waals surface area contributed by atoms with E-state index in [0.29, 0.717) is 6.42 Å². The van der Waals surface area contributed by atoms with Gasteiger partial charge in [0.15, 0.2) is 0 Å². The first kappa shape index (κ1) is 20.2. The number of phenolic OH excluding ortho intramolecular Hbond substituents is 1. The minimum absolute atomic E-state index is 0.213. The maximum Gasteiger partial charge on any atom is 0.207 e. The van der Waals surface area contributed by atoms with E-state index in [2.05, 4.69) is 0 Å². The molecule has 7 heteroatoms. The zero-order valence-electron chi connectivity index (χ0n) is 17.3. The Balaban J connectivity index is 1.53. The van der Waals surface area contributed by atoms with Gasteiger partial charge in [0.2, 0.25) is 5.13 Å². The van der Waals surface area contributed by atoms with Gasteiger partial charge >= 0.3 is 0 Å². The fourth-order valence-corrected chi connectivity index (χ4v) is 4.61. The molecule has 1 atom stereocenters.